The van der Waals surface area contributed by atoms with Gasteiger partial charge in [0.15, 0.2) is 17.4 Å². The molecule has 0 radical (unpaired) electrons. The van der Waals surface area contributed by atoms with Crippen LogP contribution in [-0.4, -0.2) is 18.8 Å². The lowest BCUT2D eigenvalue weighted by atomic mass is 10.2. The van der Waals surface area contributed by atoms with Gasteiger partial charge in [-0.25, -0.2) is 8.78 Å². The average molecular weight is 257 g/mol. The molecule has 1 saturated heterocycles. The van der Waals surface area contributed by atoms with Crippen LogP contribution in [0.4, 0.5) is 8.78 Å². The summed E-state index contributed by atoms with van der Waals surface area (Å²) in [4.78, 5) is 0. The van der Waals surface area contributed by atoms with Crippen molar-refractivity contribution in [2.45, 2.75) is 38.5 Å². The largest absolute Gasteiger partial charge is 0.485 e. The molecule has 0 aromatic heterocycles. The van der Waals surface area contributed by atoms with Crippen LogP contribution < -0.4 is 10.5 Å². The van der Waals surface area contributed by atoms with E-state index in [1.807, 2.05) is 6.92 Å². The van der Waals surface area contributed by atoms with Gasteiger partial charge in [-0.3, -0.25) is 0 Å². The van der Waals surface area contributed by atoms with Crippen molar-refractivity contribution in [3.63, 3.8) is 0 Å². The van der Waals surface area contributed by atoms with Crippen LogP contribution in [0.5, 0.6) is 5.75 Å². The number of nitrogens with two attached hydrogens (primary N) is 1. The molecular formula is C13H17F2NO2. The summed E-state index contributed by atoms with van der Waals surface area (Å²) in [6.45, 7) is 2.23. The minimum absolute atomic E-state index is 0.0898. The van der Waals surface area contributed by atoms with Crippen LogP contribution in [0, 0.1) is 11.6 Å². The number of hydrogen-bond acceptors (Lipinski definition) is 3. The zero-order chi connectivity index (χ0) is 13.1. The molecule has 3 nitrogen and oxygen atoms in total. The van der Waals surface area contributed by atoms with E-state index in [2.05, 4.69) is 0 Å². The van der Waals surface area contributed by atoms with Gasteiger partial charge in [0.2, 0.25) is 0 Å². The molecule has 1 fully saturated rings. The predicted octanol–water partition coefficient (Wildman–Crippen LogP) is 2.37. The Morgan fingerprint density at radius 2 is 2.00 bits per heavy atom. The van der Waals surface area contributed by atoms with Gasteiger partial charge >= 0.3 is 0 Å². The minimum atomic E-state index is -0.721. The Morgan fingerprint density at radius 3 is 2.50 bits per heavy atom. The molecule has 0 amide bonds. The SMILES string of the molecule is CC1CCC(COc2c(F)cc(CN)cc2F)O1. The lowest BCUT2D eigenvalue weighted by Crippen LogP contribution is -2.19. The van der Waals surface area contributed by atoms with Gasteiger partial charge in [-0.15, -0.1) is 0 Å². The van der Waals surface area contributed by atoms with E-state index in [9.17, 15) is 8.78 Å². The summed E-state index contributed by atoms with van der Waals surface area (Å²) in [7, 11) is 0. The van der Waals surface area contributed by atoms with Crippen LogP contribution in [-0.2, 0) is 11.3 Å². The van der Waals surface area contributed by atoms with Gasteiger partial charge < -0.3 is 15.2 Å². The lowest BCUT2D eigenvalue weighted by Gasteiger charge is -2.14. The molecule has 1 aliphatic heterocycles. The Bertz CT molecular complexity index is 402. The van der Waals surface area contributed by atoms with Gasteiger partial charge in [0.05, 0.1) is 12.2 Å². The Balaban J connectivity index is 2.01. The third-order valence-corrected chi connectivity index (χ3v) is 3.03. The highest BCUT2D eigenvalue weighted by molar-refractivity contribution is 5.31. The monoisotopic (exact) mass is 257 g/mol. The fraction of sp³-hybridized carbons (Fsp3) is 0.538. The van der Waals surface area contributed by atoms with E-state index >= 15 is 0 Å². The first-order chi connectivity index (χ1) is 8.60. The highest BCUT2D eigenvalue weighted by Gasteiger charge is 2.23. The maximum atomic E-state index is 13.6. The molecule has 1 aromatic carbocycles. The Kier molecular flexibility index (Phi) is 4.14. The van der Waals surface area contributed by atoms with E-state index in [-0.39, 0.29) is 31.1 Å². The molecule has 0 aliphatic carbocycles. The Morgan fingerprint density at radius 1 is 1.33 bits per heavy atom. The quantitative estimate of drug-likeness (QED) is 0.900. The van der Waals surface area contributed by atoms with E-state index in [1.165, 1.54) is 12.1 Å². The second kappa shape index (κ2) is 5.63. The summed E-state index contributed by atoms with van der Waals surface area (Å²) < 4.78 is 37.9. The zero-order valence-electron chi connectivity index (χ0n) is 10.3. The van der Waals surface area contributed by atoms with Crippen LogP contribution in [0.2, 0.25) is 0 Å². The molecule has 1 aliphatic rings. The molecule has 1 aromatic rings. The first-order valence-corrected chi connectivity index (χ1v) is 6.06. The summed E-state index contributed by atoms with van der Waals surface area (Å²) in [6.07, 6.45) is 1.90. The van der Waals surface area contributed by atoms with Crippen LogP contribution in [0.1, 0.15) is 25.3 Å². The molecule has 2 atom stereocenters. The number of rotatable bonds is 4. The van der Waals surface area contributed by atoms with E-state index in [0.29, 0.717) is 5.56 Å². The maximum Gasteiger partial charge on any atom is 0.190 e. The molecular weight excluding hydrogens is 240 g/mol. The van der Waals surface area contributed by atoms with Gasteiger partial charge in [0, 0.05) is 6.54 Å². The van der Waals surface area contributed by atoms with E-state index in [4.69, 9.17) is 15.2 Å². The molecule has 0 spiro atoms. The second-order valence-electron chi connectivity index (χ2n) is 4.55. The Hall–Kier alpha value is -1.20. The topological polar surface area (TPSA) is 44.5 Å². The van der Waals surface area contributed by atoms with E-state index < -0.39 is 11.6 Å². The van der Waals surface area contributed by atoms with Crippen LogP contribution >= 0.6 is 0 Å². The summed E-state index contributed by atoms with van der Waals surface area (Å²) in [5.41, 5.74) is 5.74. The van der Waals surface area contributed by atoms with Crippen molar-refractivity contribution in [3.05, 3.63) is 29.3 Å². The van der Waals surface area contributed by atoms with Gasteiger partial charge in [0.1, 0.15) is 6.61 Å². The number of benzene rings is 1. The summed E-state index contributed by atoms with van der Waals surface area (Å²) in [6, 6.07) is 2.38. The van der Waals surface area contributed by atoms with Crippen LogP contribution in [0.15, 0.2) is 12.1 Å². The predicted molar refractivity (Wildman–Crippen MR) is 63.3 cm³/mol. The maximum absolute atomic E-state index is 13.6. The smallest absolute Gasteiger partial charge is 0.190 e. The van der Waals surface area contributed by atoms with E-state index in [0.717, 1.165) is 12.8 Å². The van der Waals surface area contributed by atoms with Gasteiger partial charge in [-0.2, -0.15) is 0 Å². The number of hydrogen-bond donors (Lipinski definition) is 1. The molecule has 2 rings (SSSR count). The fourth-order valence-electron chi connectivity index (χ4n) is 2.05. The Labute approximate surface area is 105 Å². The van der Waals surface area contributed by atoms with Crippen molar-refractivity contribution >= 4 is 0 Å². The van der Waals surface area contributed by atoms with Crippen LogP contribution in [0.25, 0.3) is 0 Å². The fourth-order valence-corrected chi connectivity index (χ4v) is 2.05. The molecule has 2 unspecified atom stereocenters. The van der Waals surface area contributed by atoms with E-state index in [1.54, 1.807) is 0 Å². The summed E-state index contributed by atoms with van der Waals surface area (Å²) in [5, 5.41) is 0. The molecule has 0 saturated carbocycles. The normalized spacial score (nSPS) is 23.3. The van der Waals surface area contributed by atoms with Crippen LogP contribution in [0.3, 0.4) is 0 Å². The lowest BCUT2D eigenvalue weighted by molar-refractivity contribution is 0.0247. The van der Waals surface area contributed by atoms with Gasteiger partial charge in [-0.1, -0.05) is 0 Å². The zero-order valence-corrected chi connectivity index (χ0v) is 10.3. The highest BCUT2D eigenvalue weighted by atomic mass is 19.1. The standard InChI is InChI=1S/C13H17F2NO2/c1-8-2-3-10(18-8)7-17-13-11(14)4-9(6-16)5-12(13)15/h4-5,8,10H,2-3,6-7,16H2,1H3. The summed E-state index contributed by atoms with van der Waals surface area (Å²) >= 11 is 0. The van der Waals surface area contributed by atoms with Crippen molar-refractivity contribution in [1.82, 2.24) is 0 Å². The molecule has 100 valence electrons. The molecule has 18 heavy (non-hydrogen) atoms. The first kappa shape index (κ1) is 13.2. The van der Waals surface area contributed by atoms with Crippen molar-refractivity contribution in [2.24, 2.45) is 5.73 Å². The van der Waals surface area contributed by atoms with Crippen molar-refractivity contribution < 1.29 is 18.3 Å². The minimum Gasteiger partial charge on any atom is -0.485 e. The molecule has 5 heteroatoms. The van der Waals surface area contributed by atoms with Gasteiger partial charge in [-0.05, 0) is 37.5 Å². The summed E-state index contributed by atoms with van der Waals surface area (Å²) in [5.74, 6) is -1.79. The second-order valence-corrected chi connectivity index (χ2v) is 4.55. The van der Waals surface area contributed by atoms with Crippen molar-refractivity contribution in [1.29, 1.82) is 0 Å². The molecule has 2 N–H and O–H groups in total. The first-order valence-electron chi connectivity index (χ1n) is 6.06. The molecule has 0 bridgehead atoms. The third kappa shape index (κ3) is 2.97. The highest BCUT2D eigenvalue weighted by Crippen LogP contribution is 2.25. The molecule has 1 heterocycles. The average Bonchev–Trinajstić information content (AvgIpc) is 2.73. The number of ether oxygens (including phenoxy) is 2. The van der Waals surface area contributed by atoms with Crippen molar-refractivity contribution in [3.8, 4) is 5.75 Å². The third-order valence-electron chi connectivity index (χ3n) is 3.03. The van der Waals surface area contributed by atoms with Crippen molar-refractivity contribution in [2.75, 3.05) is 6.61 Å². The number of halogens is 2. The van der Waals surface area contributed by atoms with Gasteiger partial charge in [0.25, 0.3) is 0 Å².